The van der Waals surface area contributed by atoms with Crippen LogP contribution >= 0.6 is 0 Å². The number of aryl methyl sites for hydroxylation is 3. The molecule has 3 aromatic carbocycles. The lowest BCUT2D eigenvalue weighted by molar-refractivity contribution is 0.0697. The second kappa shape index (κ2) is 9.47. The van der Waals surface area contributed by atoms with E-state index in [1.165, 1.54) is 0 Å². The first kappa shape index (κ1) is 23.6. The summed E-state index contributed by atoms with van der Waals surface area (Å²) in [7, 11) is 1.91. The molecule has 0 spiro atoms. The number of fused-ring (bicyclic) bond motifs is 1. The van der Waals surface area contributed by atoms with Gasteiger partial charge in [-0.05, 0) is 90.7 Å². The van der Waals surface area contributed by atoms with E-state index in [1.54, 1.807) is 48.5 Å². The SMILES string of the molecule is Cc1cc(-c2ccc(C(=O)O)cc2)cc(C)c1Oc1nc(Nc2ccc(C#N)cc2)nc2ccn(C)c12. The fourth-order valence-electron chi connectivity index (χ4n) is 4.22. The van der Waals surface area contributed by atoms with Crippen LogP contribution in [0.4, 0.5) is 11.6 Å². The average Bonchev–Trinajstić information content (AvgIpc) is 3.27. The molecule has 8 heteroatoms. The van der Waals surface area contributed by atoms with E-state index in [9.17, 15) is 4.79 Å². The predicted molar refractivity (Wildman–Crippen MR) is 141 cm³/mol. The average molecular weight is 490 g/mol. The summed E-state index contributed by atoms with van der Waals surface area (Å²) in [4.78, 5) is 20.5. The molecule has 0 fully saturated rings. The summed E-state index contributed by atoms with van der Waals surface area (Å²) >= 11 is 0. The van der Waals surface area contributed by atoms with Gasteiger partial charge in [0.05, 0.1) is 22.7 Å². The standard InChI is InChI=1S/C29H23N5O3/c1-17-14-22(20-6-8-21(9-7-20)28(35)36)15-18(2)26(17)37-27-25-24(12-13-34(25)3)32-29(33-27)31-23-10-4-19(16-30)5-11-23/h4-15H,1-3H3,(H,35,36)(H,31,32,33). The van der Waals surface area contributed by atoms with Gasteiger partial charge in [-0.1, -0.05) is 12.1 Å². The Morgan fingerprint density at radius 1 is 0.973 bits per heavy atom. The molecule has 5 aromatic rings. The lowest BCUT2D eigenvalue weighted by Crippen LogP contribution is -2.02. The number of carboxylic acids is 1. The zero-order valence-corrected chi connectivity index (χ0v) is 20.5. The number of benzene rings is 3. The molecule has 5 rings (SSSR count). The molecule has 8 nitrogen and oxygen atoms in total. The van der Waals surface area contributed by atoms with Gasteiger partial charge in [0, 0.05) is 18.9 Å². The van der Waals surface area contributed by atoms with Crippen molar-refractivity contribution in [2.45, 2.75) is 13.8 Å². The van der Waals surface area contributed by atoms with Crippen LogP contribution in [0.25, 0.3) is 22.2 Å². The van der Waals surface area contributed by atoms with E-state index in [2.05, 4.69) is 21.4 Å². The smallest absolute Gasteiger partial charge is 0.335 e. The van der Waals surface area contributed by atoms with Gasteiger partial charge in [-0.25, -0.2) is 9.78 Å². The highest BCUT2D eigenvalue weighted by atomic mass is 16.5. The molecule has 0 radical (unpaired) electrons. The van der Waals surface area contributed by atoms with Crippen LogP contribution < -0.4 is 10.1 Å². The minimum Gasteiger partial charge on any atom is -0.478 e. The second-order valence-electron chi connectivity index (χ2n) is 8.75. The van der Waals surface area contributed by atoms with Crippen molar-refractivity contribution >= 4 is 28.6 Å². The fourth-order valence-corrected chi connectivity index (χ4v) is 4.22. The number of hydrogen-bond acceptors (Lipinski definition) is 6. The Hall–Kier alpha value is -5.16. The van der Waals surface area contributed by atoms with Crippen LogP contribution in [-0.2, 0) is 7.05 Å². The summed E-state index contributed by atoms with van der Waals surface area (Å²) in [6.07, 6.45) is 1.90. The van der Waals surface area contributed by atoms with E-state index in [1.807, 2.05) is 49.9 Å². The molecular weight excluding hydrogens is 466 g/mol. The third kappa shape index (κ3) is 4.70. The van der Waals surface area contributed by atoms with Crippen molar-refractivity contribution in [2.75, 3.05) is 5.32 Å². The molecule has 2 N–H and O–H groups in total. The van der Waals surface area contributed by atoms with Crippen molar-refractivity contribution in [1.82, 2.24) is 14.5 Å². The summed E-state index contributed by atoms with van der Waals surface area (Å²) in [6.45, 7) is 3.94. The number of carboxylic acid groups (broad SMARTS) is 1. The molecule has 0 aliphatic carbocycles. The normalized spacial score (nSPS) is 10.8. The highest BCUT2D eigenvalue weighted by Crippen LogP contribution is 2.36. The Bertz CT molecular complexity index is 1660. The first-order chi connectivity index (χ1) is 17.8. The number of nitriles is 1. The van der Waals surface area contributed by atoms with Crippen LogP contribution in [0.2, 0.25) is 0 Å². The minimum atomic E-state index is -0.951. The number of nitrogens with zero attached hydrogens (tertiary/aromatic N) is 4. The molecule has 2 heterocycles. The molecule has 0 aliphatic rings. The van der Waals surface area contributed by atoms with Gasteiger partial charge in [-0.2, -0.15) is 10.2 Å². The molecular formula is C29H23N5O3. The Labute approximate surface area is 213 Å². The zero-order valence-electron chi connectivity index (χ0n) is 20.5. The molecule has 0 amide bonds. The topological polar surface area (TPSA) is 113 Å². The largest absolute Gasteiger partial charge is 0.478 e. The molecule has 182 valence electrons. The van der Waals surface area contributed by atoms with Crippen molar-refractivity contribution in [3.8, 4) is 28.8 Å². The number of rotatable bonds is 6. The van der Waals surface area contributed by atoms with E-state index in [-0.39, 0.29) is 5.56 Å². The van der Waals surface area contributed by atoms with Crippen LogP contribution in [0, 0.1) is 25.2 Å². The van der Waals surface area contributed by atoms with Crippen LogP contribution in [-0.4, -0.2) is 25.6 Å². The molecule has 2 aromatic heterocycles. The molecule has 0 saturated heterocycles. The van der Waals surface area contributed by atoms with Gasteiger partial charge in [0.2, 0.25) is 11.8 Å². The first-order valence-electron chi connectivity index (χ1n) is 11.6. The summed E-state index contributed by atoms with van der Waals surface area (Å²) in [5.41, 5.74) is 6.79. The van der Waals surface area contributed by atoms with Crippen molar-refractivity contribution in [3.05, 3.63) is 95.2 Å². The van der Waals surface area contributed by atoms with E-state index in [4.69, 9.17) is 15.1 Å². The molecule has 0 bridgehead atoms. The van der Waals surface area contributed by atoms with E-state index >= 15 is 0 Å². The second-order valence-corrected chi connectivity index (χ2v) is 8.75. The zero-order chi connectivity index (χ0) is 26.1. The Balaban J connectivity index is 1.50. The number of ether oxygens (including phenoxy) is 1. The molecule has 0 atom stereocenters. The van der Waals surface area contributed by atoms with Crippen LogP contribution in [0.3, 0.4) is 0 Å². The highest BCUT2D eigenvalue weighted by Gasteiger charge is 2.17. The first-order valence-corrected chi connectivity index (χ1v) is 11.6. The Kier molecular flexibility index (Phi) is 6.04. The molecule has 37 heavy (non-hydrogen) atoms. The number of nitrogens with one attached hydrogen (secondary N) is 1. The maximum Gasteiger partial charge on any atom is 0.335 e. The van der Waals surface area contributed by atoms with Crippen LogP contribution in [0.15, 0.2) is 72.9 Å². The fraction of sp³-hybridized carbons (Fsp3) is 0.103. The van der Waals surface area contributed by atoms with Gasteiger partial charge in [0.15, 0.2) is 0 Å². The van der Waals surface area contributed by atoms with Gasteiger partial charge in [-0.15, -0.1) is 0 Å². The molecule has 0 saturated carbocycles. The van der Waals surface area contributed by atoms with Crippen molar-refractivity contribution in [2.24, 2.45) is 7.05 Å². The molecule has 0 aliphatic heterocycles. The van der Waals surface area contributed by atoms with Crippen molar-refractivity contribution in [1.29, 1.82) is 5.26 Å². The predicted octanol–water partition coefficient (Wildman–Crippen LogP) is 6.36. The van der Waals surface area contributed by atoms with E-state index in [0.29, 0.717) is 23.1 Å². The lowest BCUT2D eigenvalue weighted by Gasteiger charge is -2.15. The van der Waals surface area contributed by atoms with Crippen LogP contribution in [0.1, 0.15) is 27.0 Å². The number of hydrogen-bond donors (Lipinski definition) is 2. The summed E-state index contributed by atoms with van der Waals surface area (Å²) in [5, 5.41) is 21.4. The monoisotopic (exact) mass is 489 g/mol. The number of carbonyl (C=O) groups is 1. The Morgan fingerprint density at radius 3 is 2.27 bits per heavy atom. The third-order valence-corrected chi connectivity index (χ3v) is 6.08. The van der Waals surface area contributed by atoms with Gasteiger partial charge in [-0.3, -0.25) is 0 Å². The number of aromatic nitrogens is 3. The van der Waals surface area contributed by atoms with E-state index < -0.39 is 5.97 Å². The highest BCUT2D eigenvalue weighted by molar-refractivity contribution is 5.88. The molecule has 0 unspecified atom stereocenters. The summed E-state index contributed by atoms with van der Waals surface area (Å²) < 4.78 is 8.33. The van der Waals surface area contributed by atoms with Gasteiger partial charge in [0.25, 0.3) is 0 Å². The van der Waals surface area contributed by atoms with Gasteiger partial charge >= 0.3 is 5.97 Å². The summed E-state index contributed by atoms with van der Waals surface area (Å²) in [5.74, 6) is 0.534. The number of anilines is 2. The van der Waals surface area contributed by atoms with Gasteiger partial charge < -0.3 is 19.7 Å². The van der Waals surface area contributed by atoms with Gasteiger partial charge in [0.1, 0.15) is 11.3 Å². The maximum absolute atomic E-state index is 11.2. The Morgan fingerprint density at radius 2 is 1.65 bits per heavy atom. The quantitative estimate of drug-likeness (QED) is 0.285. The maximum atomic E-state index is 11.2. The third-order valence-electron chi connectivity index (χ3n) is 6.08. The van der Waals surface area contributed by atoms with E-state index in [0.717, 1.165) is 39.0 Å². The van der Waals surface area contributed by atoms with Crippen LogP contribution in [0.5, 0.6) is 11.6 Å². The minimum absolute atomic E-state index is 0.248. The van der Waals surface area contributed by atoms with Crippen molar-refractivity contribution < 1.29 is 14.6 Å². The number of aromatic carboxylic acids is 1. The van der Waals surface area contributed by atoms with Crippen molar-refractivity contribution in [3.63, 3.8) is 0 Å². The lowest BCUT2D eigenvalue weighted by atomic mass is 9.99. The summed E-state index contributed by atoms with van der Waals surface area (Å²) in [6, 6.07) is 21.9.